The molecule has 1 aromatic heterocycles. The molecule has 1 aliphatic rings. The van der Waals surface area contributed by atoms with Gasteiger partial charge in [0.05, 0.1) is 4.92 Å². The molecule has 1 aliphatic heterocycles. The second kappa shape index (κ2) is 5.28. The molecular weight excluding hydrogens is 268 g/mol. The fourth-order valence-corrected chi connectivity index (χ4v) is 2.97. The van der Waals surface area contributed by atoms with Crippen molar-refractivity contribution in [2.75, 3.05) is 4.90 Å². The highest BCUT2D eigenvalue weighted by Gasteiger charge is 2.34. The zero-order valence-corrected chi connectivity index (χ0v) is 12.0. The topological polar surface area (TPSA) is 72.2 Å². The highest BCUT2D eigenvalue weighted by Crippen LogP contribution is 2.37. The zero-order valence-electron chi connectivity index (χ0n) is 11.3. The van der Waals surface area contributed by atoms with Gasteiger partial charge in [-0.05, 0) is 40.0 Å². The smallest absolute Gasteiger partial charge is 0.345 e. The Morgan fingerprint density at radius 3 is 2.42 bits per heavy atom. The normalized spacial score (nSPS) is 23.5. The third kappa shape index (κ3) is 2.63. The maximum absolute atomic E-state index is 11.2. The van der Waals surface area contributed by atoms with E-state index < -0.39 is 4.92 Å². The Kier molecular flexibility index (Phi) is 3.89. The van der Waals surface area contributed by atoms with Crippen molar-refractivity contribution in [3.63, 3.8) is 0 Å². The Morgan fingerprint density at radius 1 is 1.32 bits per heavy atom. The Bertz CT molecular complexity index is 499. The van der Waals surface area contributed by atoms with Gasteiger partial charge >= 0.3 is 5.69 Å². The number of halogens is 1. The molecule has 0 aromatic carbocycles. The Hall–Kier alpha value is -1.43. The molecule has 19 heavy (non-hydrogen) atoms. The summed E-state index contributed by atoms with van der Waals surface area (Å²) < 4.78 is 0. The molecule has 0 unspecified atom stereocenters. The number of piperidine rings is 1. The average Bonchev–Trinajstić information content (AvgIpc) is 2.26. The lowest BCUT2D eigenvalue weighted by molar-refractivity contribution is -0.384. The SMILES string of the molecule is Cc1nc(Cl)c([N+](=O)[O-])c(N2[C@H](C)CCC[C@@H]2C)n1. The molecule has 0 bridgehead atoms. The summed E-state index contributed by atoms with van der Waals surface area (Å²) in [6.45, 7) is 5.81. The lowest BCUT2D eigenvalue weighted by atomic mass is 9.97. The molecule has 2 atom stereocenters. The summed E-state index contributed by atoms with van der Waals surface area (Å²) in [6, 6.07) is 0.431. The van der Waals surface area contributed by atoms with Gasteiger partial charge in [0.25, 0.3) is 0 Å². The fraction of sp³-hybridized carbons (Fsp3) is 0.667. The van der Waals surface area contributed by atoms with Crippen LogP contribution in [0.15, 0.2) is 0 Å². The Balaban J connectivity index is 2.56. The van der Waals surface area contributed by atoms with Gasteiger partial charge in [-0.2, -0.15) is 0 Å². The molecule has 0 N–H and O–H groups in total. The van der Waals surface area contributed by atoms with Gasteiger partial charge in [-0.15, -0.1) is 0 Å². The van der Waals surface area contributed by atoms with E-state index in [2.05, 4.69) is 23.8 Å². The summed E-state index contributed by atoms with van der Waals surface area (Å²) in [5, 5.41) is 11.1. The van der Waals surface area contributed by atoms with Crippen LogP contribution in [0.2, 0.25) is 5.15 Å². The molecule has 0 aliphatic carbocycles. The summed E-state index contributed by atoms with van der Waals surface area (Å²) in [5.74, 6) is 0.803. The number of rotatable bonds is 2. The van der Waals surface area contributed by atoms with Crippen molar-refractivity contribution in [1.29, 1.82) is 0 Å². The monoisotopic (exact) mass is 284 g/mol. The van der Waals surface area contributed by atoms with Crippen LogP contribution in [-0.2, 0) is 0 Å². The van der Waals surface area contributed by atoms with E-state index in [0.29, 0.717) is 11.6 Å². The molecule has 2 rings (SSSR count). The van der Waals surface area contributed by atoms with E-state index in [1.54, 1.807) is 6.92 Å². The number of hydrogen-bond acceptors (Lipinski definition) is 5. The van der Waals surface area contributed by atoms with Gasteiger partial charge in [0.15, 0.2) is 0 Å². The number of nitro groups is 1. The van der Waals surface area contributed by atoms with Crippen molar-refractivity contribution in [2.24, 2.45) is 0 Å². The van der Waals surface area contributed by atoms with Crippen molar-refractivity contribution in [3.05, 3.63) is 21.1 Å². The number of aromatic nitrogens is 2. The maximum atomic E-state index is 11.2. The Morgan fingerprint density at radius 2 is 1.89 bits per heavy atom. The summed E-state index contributed by atoms with van der Waals surface area (Å²) >= 11 is 5.92. The lowest BCUT2D eigenvalue weighted by Gasteiger charge is -2.39. The van der Waals surface area contributed by atoms with E-state index in [-0.39, 0.29) is 22.9 Å². The molecule has 1 fully saturated rings. The Labute approximate surface area is 117 Å². The van der Waals surface area contributed by atoms with Crippen LogP contribution in [0.1, 0.15) is 38.9 Å². The van der Waals surface area contributed by atoms with Gasteiger partial charge in [0.1, 0.15) is 5.82 Å². The summed E-state index contributed by atoms with van der Waals surface area (Å²) in [7, 11) is 0. The molecular formula is C12H17ClN4O2. The summed E-state index contributed by atoms with van der Waals surface area (Å²) in [6.07, 6.45) is 3.13. The van der Waals surface area contributed by atoms with Gasteiger partial charge in [-0.1, -0.05) is 11.6 Å². The zero-order chi connectivity index (χ0) is 14.2. The highest BCUT2D eigenvalue weighted by molar-refractivity contribution is 6.31. The minimum Gasteiger partial charge on any atom is -0.345 e. The van der Waals surface area contributed by atoms with Crippen molar-refractivity contribution >= 4 is 23.1 Å². The highest BCUT2D eigenvalue weighted by atomic mass is 35.5. The second-order valence-corrected chi connectivity index (χ2v) is 5.39. The van der Waals surface area contributed by atoms with Crippen molar-refractivity contribution < 1.29 is 4.92 Å². The van der Waals surface area contributed by atoms with Crippen LogP contribution in [0.3, 0.4) is 0 Å². The molecule has 0 amide bonds. The van der Waals surface area contributed by atoms with Crippen LogP contribution < -0.4 is 4.90 Å². The lowest BCUT2D eigenvalue weighted by Crippen LogP contribution is -2.44. The average molecular weight is 285 g/mol. The molecule has 1 aromatic rings. The molecule has 2 heterocycles. The van der Waals surface area contributed by atoms with Gasteiger partial charge in [-0.25, -0.2) is 9.97 Å². The minimum atomic E-state index is -0.495. The first kappa shape index (κ1) is 14.0. The molecule has 7 heteroatoms. The molecule has 0 radical (unpaired) electrons. The van der Waals surface area contributed by atoms with Crippen LogP contribution in [0.25, 0.3) is 0 Å². The van der Waals surface area contributed by atoms with Crippen molar-refractivity contribution in [1.82, 2.24) is 9.97 Å². The molecule has 0 spiro atoms. The largest absolute Gasteiger partial charge is 0.348 e. The van der Waals surface area contributed by atoms with E-state index >= 15 is 0 Å². The van der Waals surface area contributed by atoms with Crippen LogP contribution in [0.4, 0.5) is 11.5 Å². The fourth-order valence-electron chi connectivity index (χ4n) is 2.69. The van der Waals surface area contributed by atoms with Crippen molar-refractivity contribution in [2.45, 2.75) is 52.1 Å². The van der Waals surface area contributed by atoms with Crippen LogP contribution in [0, 0.1) is 17.0 Å². The third-order valence-corrected chi connectivity index (χ3v) is 3.82. The summed E-state index contributed by atoms with van der Waals surface area (Å²) in [4.78, 5) is 20.9. The predicted molar refractivity (Wildman–Crippen MR) is 73.7 cm³/mol. The second-order valence-electron chi connectivity index (χ2n) is 5.03. The van der Waals surface area contributed by atoms with Crippen molar-refractivity contribution in [3.8, 4) is 0 Å². The van der Waals surface area contributed by atoms with E-state index in [4.69, 9.17) is 11.6 Å². The first-order valence-electron chi connectivity index (χ1n) is 6.38. The summed E-state index contributed by atoms with van der Waals surface area (Å²) in [5.41, 5.74) is -0.187. The molecule has 6 nitrogen and oxygen atoms in total. The molecule has 1 saturated heterocycles. The number of anilines is 1. The number of hydrogen-bond donors (Lipinski definition) is 0. The number of aryl methyl sites for hydroxylation is 1. The standard InChI is InChI=1S/C12H17ClN4O2/c1-7-5-4-6-8(2)16(7)12-10(17(18)19)11(13)14-9(3)15-12/h7-8H,4-6H2,1-3H3/t7-,8+. The van der Waals surface area contributed by atoms with Gasteiger partial charge < -0.3 is 4.90 Å². The van der Waals surface area contributed by atoms with E-state index in [9.17, 15) is 10.1 Å². The van der Waals surface area contributed by atoms with Gasteiger partial charge in [-0.3, -0.25) is 10.1 Å². The van der Waals surface area contributed by atoms with Crippen LogP contribution in [0.5, 0.6) is 0 Å². The van der Waals surface area contributed by atoms with Crippen LogP contribution in [-0.4, -0.2) is 27.0 Å². The predicted octanol–water partition coefficient (Wildman–Crippen LogP) is 3.11. The minimum absolute atomic E-state index is 0.0857. The van der Waals surface area contributed by atoms with Crippen LogP contribution >= 0.6 is 11.6 Å². The quantitative estimate of drug-likeness (QED) is 0.474. The van der Waals surface area contributed by atoms with E-state index in [0.717, 1.165) is 19.3 Å². The molecule has 104 valence electrons. The van der Waals surface area contributed by atoms with E-state index in [1.807, 2.05) is 4.90 Å². The third-order valence-electron chi connectivity index (χ3n) is 3.56. The maximum Gasteiger partial charge on any atom is 0.348 e. The van der Waals surface area contributed by atoms with E-state index in [1.165, 1.54) is 0 Å². The molecule has 0 saturated carbocycles. The first-order valence-corrected chi connectivity index (χ1v) is 6.76. The first-order chi connectivity index (χ1) is 8.91. The van der Waals surface area contributed by atoms with Gasteiger partial charge in [0, 0.05) is 12.1 Å². The number of nitrogens with zero attached hydrogens (tertiary/aromatic N) is 4. The van der Waals surface area contributed by atoms with Gasteiger partial charge in [0.2, 0.25) is 11.0 Å².